The number of hydrogen-bond acceptors (Lipinski definition) is 7. The van der Waals surface area contributed by atoms with E-state index in [0.29, 0.717) is 35.6 Å². The van der Waals surface area contributed by atoms with Gasteiger partial charge in [0.25, 0.3) is 5.91 Å². The lowest BCUT2D eigenvalue weighted by Gasteiger charge is -2.15. The molecule has 1 saturated heterocycles. The number of amides is 1. The molecule has 4 aromatic rings. The monoisotopic (exact) mass is 509 g/mol. The number of aryl methyl sites for hydroxylation is 1. The summed E-state index contributed by atoms with van der Waals surface area (Å²) in [4.78, 5) is 24.9. The lowest BCUT2D eigenvalue weighted by atomic mass is 9.98. The van der Waals surface area contributed by atoms with Crippen LogP contribution in [0.5, 0.6) is 5.88 Å². The molecule has 6 rings (SSSR count). The minimum absolute atomic E-state index is 0.280. The normalized spacial score (nSPS) is 15.5. The summed E-state index contributed by atoms with van der Waals surface area (Å²) < 4.78 is 7.87. The zero-order chi connectivity index (χ0) is 25.9. The minimum Gasteiger partial charge on any atom is -0.476 e. The molecule has 0 bridgehead atoms. The molecule has 194 valence electrons. The second-order valence-corrected chi connectivity index (χ2v) is 9.97. The van der Waals surface area contributed by atoms with Gasteiger partial charge in [-0.25, -0.2) is 4.98 Å². The molecule has 0 unspecified atom stereocenters. The van der Waals surface area contributed by atoms with Crippen LogP contribution in [-0.2, 0) is 7.05 Å². The topological polar surface area (TPSA) is 98.1 Å². The first kappa shape index (κ1) is 24.2. The van der Waals surface area contributed by atoms with Gasteiger partial charge in [0.05, 0.1) is 0 Å². The number of likely N-dealkylation sites (tertiary alicyclic amines) is 1. The van der Waals surface area contributed by atoms with Crippen molar-refractivity contribution in [2.24, 2.45) is 7.05 Å². The van der Waals surface area contributed by atoms with Gasteiger partial charge in [-0.2, -0.15) is 4.98 Å². The van der Waals surface area contributed by atoms with Gasteiger partial charge in [0.1, 0.15) is 24.5 Å². The lowest BCUT2D eigenvalue weighted by Crippen LogP contribution is -2.25. The molecule has 1 saturated carbocycles. The van der Waals surface area contributed by atoms with Crippen LogP contribution in [0.2, 0.25) is 0 Å². The maximum atomic E-state index is 13.3. The summed E-state index contributed by atoms with van der Waals surface area (Å²) in [7, 11) is 1.92. The summed E-state index contributed by atoms with van der Waals surface area (Å²) in [6.45, 7) is 3.66. The van der Waals surface area contributed by atoms with E-state index in [1.54, 1.807) is 12.4 Å². The largest absolute Gasteiger partial charge is 0.476 e. The summed E-state index contributed by atoms with van der Waals surface area (Å²) in [5, 5.41) is 11.3. The molecule has 9 heteroatoms. The molecule has 2 aliphatic rings. The van der Waals surface area contributed by atoms with Crippen LogP contribution in [0, 0.1) is 0 Å². The van der Waals surface area contributed by atoms with Crippen LogP contribution in [0.1, 0.15) is 47.9 Å². The Morgan fingerprint density at radius 1 is 1.03 bits per heavy atom. The van der Waals surface area contributed by atoms with Crippen molar-refractivity contribution in [3.05, 3.63) is 72.4 Å². The third-order valence-electron chi connectivity index (χ3n) is 7.06. The molecule has 0 atom stereocenters. The van der Waals surface area contributed by atoms with E-state index in [1.807, 2.05) is 60.1 Å². The van der Waals surface area contributed by atoms with Crippen LogP contribution in [-0.4, -0.2) is 61.8 Å². The van der Waals surface area contributed by atoms with Gasteiger partial charge in [-0.3, -0.25) is 9.69 Å². The van der Waals surface area contributed by atoms with Crippen molar-refractivity contribution in [1.82, 2.24) is 29.6 Å². The molecule has 38 heavy (non-hydrogen) atoms. The molecule has 2 fully saturated rings. The number of benzene rings is 2. The van der Waals surface area contributed by atoms with Crippen molar-refractivity contribution >= 4 is 11.6 Å². The summed E-state index contributed by atoms with van der Waals surface area (Å²) in [5.74, 6) is 1.97. The number of carbonyl (C=O) groups excluding carboxylic acids is 1. The van der Waals surface area contributed by atoms with E-state index in [0.717, 1.165) is 55.0 Å². The minimum atomic E-state index is -0.280. The molecule has 1 amide bonds. The van der Waals surface area contributed by atoms with Crippen LogP contribution in [0.3, 0.4) is 0 Å². The third kappa shape index (κ3) is 5.43. The molecular formula is C29H31N7O2. The molecule has 1 N–H and O–H groups in total. The van der Waals surface area contributed by atoms with E-state index in [2.05, 4.69) is 30.4 Å². The summed E-state index contributed by atoms with van der Waals surface area (Å²) >= 11 is 0. The molecule has 1 aliphatic carbocycles. The van der Waals surface area contributed by atoms with Gasteiger partial charge >= 0.3 is 0 Å². The van der Waals surface area contributed by atoms with E-state index >= 15 is 0 Å². The third-order valence-corrected chi connectivity index (χ3v) is 7.06. The molecule has 9 nitrogen and oxygen atoms in total. The van der Waals surface area contributed by atoms with E-state index < -0.39 is 0 Å². The van der Waals surface area contributed by atoms with Gasteiger partial charge in [-0.15, -0.1) is 10.2 Å². The number of rotatable bonds is 9. The van der Waals surface area contributed by atoms with Crippen molar-refractivity contribution in [1.29, 1.82) is 0 Å². The van der Waals surface area contributed by atoms with E-state index in [9.17, 15) is 4.79 Å². The quantitative estimate of drug-likeness (QED) is 0.354. The second-order valence-electron chi connectivity index (χ2n) is 9.97. The second kappa shape index (κ2) is 10.7. The van der Waals surface area contributed by atoms with Gasteiger partial charge in [-0.1, -0.05) is 36.4 Å². The number of hydrogen-bond donors (Lipinski definition) is 1. The highest BCUT2D eigenvalue weighted by Gasteiger charge is 2.28. The fourth-order valence-electron chi connectivity index (χ4n) is 4.86. The Morgan fingerprint density at radius 2 is 1.84 bits per heavy atom. The summed E-state index contributed by atoms with van der Waals surface area (Å²) in [6.07, 6.45) is 6.27. The van der Waals surface area contributed by atoms with Crippen LogP contribution in [0.15, 0.2) is 60.9 Å². The number of nitrogens with one attached hydrogen (secondary N) is 1. The zero-order valence-corrected chi connectivity index (χ0v) is 21.5. The van der Waals surface area contributed by atoms with Crippen molar-refractivity contribution in [3.8, 4) is 28.4 Å². The Morgan fingerprint density at radius 3 is 2.61 bits per heavy atom. The number of nitrogens with zero attached hydrogens (tertiary/aromatic N) is 6. The van der Waals surface area contributed by atoms with Gasteiger partial charge in [-0.05, 0) is 62.0 Å². The van der Waals surface area contributed by atoms with Crippen molar-refractivity contribution in [3.63, 3.8) is 0 Å². The summed E-state index contributed by atoms with van der Waals surface area (Å²) in [6, 6.07) is 17.5. The van der Waals surface area contributed by atoms with Crippen molar-refractivity contribution < 1.29 is 9.53 Å². The van der Waals surface area contributed by atoms with E-state index in [4.69, 9.17) is 4.74 Å². The molecule has 0 radical (unpaired) electrons. The smallest absolute Gasteiger partial charge is 0.274 e. The molecular weight excluding hydrogens is 478 g/mol. The number of ether oxygens (including phenoxy) is 1. The van der Waals surface area contributed by atoms with Gasteiger partial charge in [0, 0.05) is 36.8 Å². The standard InChI is InChI=1S/C29H31N7O2/c1-35-19-30-34-28(35)24-10-3-2-9-23(24)21-7-6-8-22(17-21)31-29(37)25-18-26(33-27(32-25)20-11-12-20)38-16-15-36-13-4-5-14-36/h2-3,6-10,17-20H,4-5,11-16H2,1H3,(H,31,37). The average Bonchev–Trinajstić information content (AvgIpc) is 3.50. The Bertz CT molecular complexity index is 1440. The summed E-state index contributed by atoms with van der Waals surface area (Å²) in [5.41, 5.74) is 3.95. The maximum absolute atomic E-state index is 13.3. The predicted octanol–water partition coefficient (Wildman–Crippen LogP) is 4.54. The Labute approximate surface area is 221 Å². The maximum Gasteiger partial charge on any atom is 0.274 e. The lowest BCUT2D eigenvalue weighted by molar-refractivity contribution is 0.102. The van der Waals surface area contributed by atoms with E-state index in [1.165, 1.54) is 12.8 Å². The Hall–Kier alpha value is -4.11. The molecule has 1 aliphatic heterocycles. The van der Waals surface area contributed by atoms with Crippen LogP contribution in [0.4, 0.5) is 5.69 Å². The van der Waals surface area contributed by atoms with Crippen molar-refractivity contribution in [2.75, 3.05) is 31.6 Å². The highest BCUT2D eigenvalue weighted by Crippen LogP contribution is 2.38. The Balaban J connectivity index is 1.21. The Kier molecular flexibility index (Phi) is 6.83. The number of anilines is 1. The van der Waals surface area contributed by atoms with Gasteiger partial charge in [0.2, 0.25) is 5.88 Å². The van der Waals surface area contributed by atoms with E-state index in [-0.39, 0.29) is 5.91 Å². The number of carbonyl (C=O) groups is 1. The number of aromatic nitrogens is 5. The van der Waals surface area contributed by atoms with Crippen LogP contribution in [0.25, 0.3) is 22.5 Å². The zero-order valence-electron chi connectivity index (χ0n) is 21.5. The van der Waals surface area contributed by atoms with Crippen LogP contribution < -0.4 is 10.1 Å². The predicted molar refractivity (Wildman–Crippen MR) is 145 cm³/mol. The average molecular weight is 510 g/mol. The highest BCUT2D eigenvalue weighted by molar-refractivity contribution is 6.03. The van der Waals surface area contributed by atoms with Gasteiger partial charge < -0.3 is 14.6 Å². The SMILES string of the molecule is Cn1cnnc1-c1ccccc1-c1cccc(NC(=O)c2cc(OCCN3CCCC3)nc(C3CC3)n2)c1. The molecule has 0 spiro atoms. The molecule has 3 heterocycles. The fourth-order valence-corrected chi connectivity index (χ4v) is 4.86. The van der Waals surface area contributed by atoms with Gasteiger partial charge in [0.15, 0.2) is 5.82 Å². The highest BCUT2D eigenvalue weighted by atomic mass is 16.5. The fraction of sp³-hybridized carbons (Fsp3) is 0.345. The first-order chi connectivity index (χ1) is 18.6. The van der Waals surface area contributed by atoms with Crippen LogP contribution >= 0.6 is 0 Å². The first-order valence-electron chi connectivity index (χ1n) is 13.2. The van der Waals surface area contributed by atoms with Crippen molar-refractivity contribution in [2.45, 2.75) is 31.6 Å². The molecule has 2 aromatic carbocycles. The first-order valence-corrected chi connectivity index (χ1v) is 13.2. The molecule has 2 aromatic heterocycles.